The van der Waals surface area contributed by atoms with Crippen LogP contribution in [0.5, 0.6) is 0 Å². The number of aryl methyl sites for hydroxylation is 1. The molecule has 0 fully saturated rings. The number of aromatic nitrogens is 4. The molecule has 0 saturated heterocycles. The molecule has 0 N–H and O–H groups in total. The first-order valence-corrected chi connectivity index (χ1v) is 17.6. The Kier molecular flexibility index (Phi) is 5.90. The van der Waals surface area contributed by atoms with Gasteiger partial charge in [0.05, 0.1) is 11.0 Å². The lowest BCUT2D eigenvalue weighted by Crippen LogP contribution is -1.97. The molecule has 9 aromatic carbocycles. The molecule has 2 aromatic heterocycles. The second-order valence-electron chi connectivity index (χ2n) is 13.5. The SMILES string of the molecule is CCn1c(-c2ccccc2)nc2cc(-c3cnc(-c4cc5ccc6cccc7c8cccc9ccc%10cccc(c(c4)c5c67)c%10c98)nc3)ccc21. The smallest absolute Gasteiger partial charge is 0.159 e. The first-order chi connectivity index (χ1) is 25.2. The van der Waals surface area contributed by atoms with Crippen molar-refractivity contribution in [1.82, 2.24) is 19.5 Å². The molecular formula is C47H30N4. The van der Waals surface area contributed by atoms with Crippen LogP contribution in [0.25, 0.3) is 110 Å². The zero-order valence-electron chi connectivity index (χ0n) is 27.9. The average Bonchev–Trinajstić information content (AvgIpc) is 3.57. The third-order valence-corrected chi connectivity index (χ3v) is 10.8. The largest absolute Gasteiger partial charge is 0.324 e. The Bertz CT molecular complexity index is 3150. The first-order valence-electron chi connectivity index (χ1n) is 17.6. The van der Waals surface area contributed by atoms with E-state index in [9.17, 15) is 0 Å². The summed E-state index contributed by atoms with van der Waals surface area (Å²) in [6, 6.07) is 50.6. The van der Waals surface area contributed by atoms with Crippen LogP contribution in [0.4, 0.5) is 0 Å². The van der Waals surface area contributed by atoms with Crippen LogP contribution in [-0.4, -0.2) is 19.5 Å². The van der Waals surface area contributed by atoms with Gasteiger partial charge in [-0.25, -0.2) is 15.0 Å². The van der Waals surface area contributed by atoms with E-state index >= 15 is 0 Å². The van der Waals surface area contributed by atoms with Gasteiger partial charge < -0.3 is 4.57 Å². The fraction of sp³-hybridized carbons (Fsp3) is 0.0426. The fourth-order valence-corrected chi connectivity index (χ4v) is 8.48. The van der Waals surface area contributed by atoms with Gasteiger partial charge in [-0.3, -0.25) is 0 Å². The van der Waals surface area contributed by atoms with Crippen LogP contribution in [0.1, 0.15) is 6.92 Å². The highest BCUT2D eigenvalue weighted by Crippen LogP contribution is 2.44. The van der Waals surface area contributed by atoms with Crippen molar-refractivity contribution in [1.29, 1.82) is 0 Å². The lowest BCUT2D eigenvalue weighted by Gasteiger charge is -2.16. The number of benzene rings is 8. The van der Waals surface area contributed by atoms with Crippen molar-refractivity contribution >= 4 is 75.7 Å². The van der Waals surface area contributed by atoms with Crippen molar-refractivity contribution in [3.63, 3.8) is 0 Å². The van der Waals surface area contributed by atoms with Gasteiger partial charge >= 0.3 is 0 Å². The number of hydrogen-bond acceptors (Lipinski definition) is 3. The molecule has 0 radical (unpaired) electrons. The van der Waals surface area contributed by atoms with E-state index in [-0.39, 0.29) is 0 Å². The monoisotopic (exact) mass is 650 g/mol. The lowest BCUT2D eigenvalue weighted by atomic mass is 9.87. The van der Waals surface area contributed by atoms with E-state index in [0.29, 0.717) is 5.82 Å². The summed E-state index contributed by atoms with van der Waals surface area (Å²) in [5.41, 5.74) is 6.23. The molecule has 238 valence electrons. The highest BCUT2D eigenvalue weighted by molar-refractivity contribution is 6.37. The molecule has 0 saturated carbocycles. The van der Waals surface area contributed by atoms with Crippen LogP contribution in [0, 0.1) is 0 Å². The minimum atomic E-state index is 0.709. The molecule has 0 aliphatic carbocycles. The van der Waals surface area contributed by atoms with Gasteiger partial charge in [0.25, 0.3) is 0 Å². The Balaban J connectivity index is 1.11. The van der Waals surface area contributed by atoms with Gasteiger partial charge in [-0.05, 0) is 101 Å². The summed E-state index contributed by atoms with van der Waals surface area (Å²) in [5.74, 6) is 1.69. The molecule has 0 atom stereocenters. The van der Waals surface area contributed by atoms with Crippen LogP contribution in [0.3, 0.4) is 0 Å². The molecule has 0 unspecified atom stereocenters. The average molecular weight is 651 g/mol. The molecule has 11 aromatic rings. The normalized spacial score (nSPS) is 12.1. The van der Waals surface area contributed by atoms with Crippen molar-refractivity contribution in [2.75, 3.05) is 0 Å². The van der Waals surface area contributed by atoms with Gasteiger partial charge in [0.2, 0.25) is 0 Å². The molecule has 0 spiro atoms. The maximum absolute atomic E-state index is 5.06. The van der Waals surface area contributed by atoms with Crippen molar-refractivity contribution < 1.29 is 0 Å². The summed E-state index contributed by atoms with van der Waals surface area (Å²) in [6.45, 7) is 3.01. The number of rotatable bonds is 4. The molecular weight excluding hydrogens is 621 g/mol. The summed E-state index contributed by atoms with van der Waals surface area (Å²) < 4.78 is 2.27. The minimum Gasteiger partial charge on any atom is -0.324 e. The maximum Gasteiger partial charge on any atom is 0.159 e. The number of fused-ring (bicyclic) bond motifs is 3. The lowest BCUT2D eigenvalue weighted by molar-refractivity contribution is 0.796. The predicted molar refractivity (Wildman–Crippen MR) is 214 cm³/mol. The topological polar surface area (TPSA) is 43.6 Å². The summed E-state index contributed by atoms with van der Waals surface area (Å²) in [6.07, 6.45) is 3.89. The molecule has 4 nitrogen and oxygen atoms in total. The van der Waals surface area contributed by atoms with Gasteiger partial charge in [0.1, 0.15) is 5.82 Å². The van der Waals surface area contributed by atoms with E-state index < -0.39 is 0 Å². The molecule has 0 aliphatic heterocycles. The molecule has 2 heterocycles. The summed E-state index contributed by atoms with van der Waals surface area (Å²) in [5, 5.41) is 15.1. The van der Waals surface area contributed by atoms with E-state index in [4.69, 9.17) is 15.0 Å². The van der Waals surface area contributed by atoms with Crippen LogP contribution in [0.2, 0.25) is 0 Å². The van der Waals surface area contributed by atoms with Crippen molar-refractivity contribution in [3.05, 3.63) is 152 Å². The third-order valence-electron chi connectivity index (χ3n) is 10.8. The van der Waals surface area contributed by atoms with Gasteiger partial charge in [-0.15, -0.1) is 0 Å². The van der Waals surface area contributed by atoms with Crippen LogP contribution in [0.15, 0.2) is 152 Å². The molecule has 0 amide bonds. The van der Waals surface area contributed by atoms with E-state index in [2.05, 4.69) is 145 Å². The third kappa shape index (κ3) is 4.11. The minimum absolute atomic E-state index is 0.709. The second kappa shape index (κ2) is 10.7. The maximum atomic E-state index is 5.06. The van der Waals surface area contributed by atoms with Gasteiger partial charge in [-0.1, -0.05) is 115 Å². The molecule has 0 bridgehead atoms. The van der Waals surface area contributed by atoms with Crippen LogP contribution < -0.4 is 0 Å². The quantitative estimate of drug-likeness (QED) is 0.178. The molecule has 11 rings (SSSR count). The number of nitrogens with zero attached hydrogens (tertiary/aromatic N) is 4. The van der Waals surface area contributed by atoms with Gasteiger partial charge in [-0.2, -0.15) is 0 Å². The Morgan fingerprint density at radius 2 is 1.04 bits per heavy atom. The Morgan fingerprint density at radius 3 is 1.67 bits per heavy atom. The Hall–Kier alpha value is -6.65. The van der Waals surface area contributed by atoms with E-state index in [0.717, 1.165) is 45.7 Å². The van der Waals surface area contributed by atoms with Crippen molar-refractivity contribution in [3.8, 4) is 33.9 Å². The molecule has 4 heteroatoms. The Labute approximate surface area is 293 Å². The highest BCUT2D eigenvalue weighted by atomic mass is 15.1. The van der Waals surface area contributed by atoms with Crippen molar-refractivity contribution in [2.45, 2.75) is 13.5 Å². The standard InChI is InChI=1S/C47H30N4/c1-2-51-41-22-21-32(25-40(41)50-47(51)31-9-4-3-5-10-31)35-26-48-46(49-27-35)34-23-33-20-19-30-12-7-15-37-36-14-6-11-28-17-18-29-13-8-16-38(44(29)42(28)36)39(24-34)45(33)43(30)37/h3-27H,2H2,1H3. The van der Waals surface area contributed by atoms with Gasteiger partial charge in [0.15, 0.2) is 5.82 Å². The number of imidazole rings is 1. The van der Waals surface area contributed by atoms with Gasteiger partial charge in [0, 0.05) is 35.6 Å². The highest BCUT2D eigenvalue weighted by Gasteiger charge is 2.17. The summed E-state index contributed by atoms with van der Waals surface area (Å²) >= 11 is 0. The Morgan fingerprint density at radius 1 is 0.451 bits per heavy atom. The zero-order valence-corrected chi connectivity index (χ0v) is 27.9. The second-order valence-corrected chi connectivity index (χ2v) is 13.5. The summed E-state index contributed by atoms with van der Waals surface area (Å²) in [4.78, 5) is 15.0. The van der Waals surface area contributed by atoms with E-state index in [1.54, 1.807) is 0 Å². The number of hydrogen-bond donors (Lipinski definition) is 0. The zero-order chi connectivity index (χ0) is 33.6. The fourth-order valence-electron chi connectivity index (χ4n) is 8.48. The molecule has 0 aliphatic rings. The van der Waals surface area contributed by atoms with Crippen LogP contribution in [-0.2, 0) is 6.54 Å². The predicted octanol–water partition coefficient (Wildman–Crippen LogP) is 12.2. The first kappa shape index (κ1) is 28.2. The summed E-state index contributed by atoms with van der Waals surface area (Å²) in [7, 11) is 0. The van der Waals surface area contributed by atoms with Crippen molar-refractivity contribution in [2.24, 2.45) is 0 Å². The molecule has 51 heavy (non-hydrogen) atoms. The van der Waals surface area contributed by atoms with E-state index in [1.165, 1.54) is 64.6 Å². The van der Waals surface area contributed by atoms with Crippen LogP contribution >= 0.6 is 0 Å². The van der Waals surface area contributed by atoms with E-state index in [1.807, 2.05) is 18.5 Å².